The number of benzene rings is 2. The van der Waals surface area contributed by atoms with Crippen molar-refractivity contribution in [2.45, 2.75) is 6.61 Å². The number of hydrogen-bond donors (Lipinski definition) is 0. The van der Waals surface area contributed by atoms with Gasteiger partial charge in [-0.2, -0.15) is 4.98 Å². The maximum absolute atomic E-state index is 12.9. The van der Waals surface area contributed by atoms with Crippen molar-refractivity contribution in [2.24, 2.45) is 0 Å². The van der Waals surface area contributed by atoms with Crippen molar-refractivity contribution in [1.82, 2.24) is 10.1 Å². The van der Waals surface area contributed by atoms with Crippen LogP contribution in [0, 0.1) is 5.82 Å². The molecule has 4 rings (SSSR count). The van der Waals surface area contributed by atoms with E-state index in [1.165, 1.54) is 23.5 Å². The molecule has 0 atom stereocenters. The van der Waals surface area contributed by atoms with Crippen LogP contribution in [0.25, 0.3) is 21.5 Å². The van der Waals surface area contributed by atoms with Gasteiger partial charge in [-0.05, 0) is 41.8 Å². The topological polar surface area (TPSA) is 65.2 Å². The predicted molar refractivity (Wildman–Crippen MR) is 90.6 cm³/mol. The normalized spacial score (nSPS) is 10.9. The summed E-state index contributed by atoms with van der Waals surface area (Å²) in [7, 11) is 0. The van der Waals surface area contributed by atoms with Crippen LogP contribution in [0.1, 0.15) is 15.6 Å². The van der Waals surface area contributed by atoms with Gasteiger partial charge in [-0.15, -0.1) is 11.3 Å². The Bertz CT molecular complexity index is 1010. The zero-order chi connectivity index (χ0) is 17.2. The molecule has 4 aromatic rings. The second kappa shape index (κ2) is 6.45. The Labute approximate surface area is 145 Å². The van der Waals surface area contributed by atoms with Crippen molar-refractivity contribution in [2.75, 3.05) is 0 Å². The zero-order valence-corrected chi connectivity index (χ0v) is 13.6. The summed E-state index contributed by atoms with van der Waals surface area (Å²) in [4.78, 5) is 16.8. The maximum Gasteiger partial charge on any atom is 0.348 e. The lowest BCUT2D eigenvalue weighted by Crippen LogP contribution is -2.03. The Morgan fingerprint density at radius 1 is 1.16 bits per heavy atom. The van der Waals surface area contributed by atoms with Crippen LogP contribution in [-0.4, -0.2) is 16.1 Å². The van der Waals surface area contributed by atoms with Crippen molar-refractivity contribution in [1.29, 1.82) is 0 Å². The van der Waals surface area contributed by atoms with Gasteiger partial charge >= 0.3 is 5.97 Å². The first-order valence-electron chi connectivity index (χ1n) is 7.43. The van der Waals surface area contributed by atoms with E-state index in [-0.39, 0.29) is 18.3 Å². The molecule has 124 valence electrons. The van der Waals surface area contributed by atoms with Crippen LogP contribution < -0.4 is 0 Å². The molecule has 0 aliphatic heterocycles. The fourth-order valence-electron chi connectivity index (χ4n) is 2.31. The van der Waals surface area contributed by atoms with Crippen LogP contribution in [0.4, 0.5) is 4.39 Å². The first-order valence-corrected chi connectivity index (χ1v) is 8.25. The Balaban J connectivity index is 1.44. The number of nitrogens with zero attached hydrogens (tertiary/aromatic N) is 2. The first kappa shape index (κ1) is 15.5. The minimum atomic E-state index is -0.442. The van der Waals surface area contributed by atoms with Crippen molar-refractivity contribution < 1.29 is 18.4 Å². The number of thiophene rings is 1. The summed E-state index contributed by atoms with van der Waals surface area (Å²) in [5.74, 6) is -0.297. The van der Waals surface area contributed by atoms with Crippen LogP contribution in [0.15, 0.2) is 59.1 Å². The number of carbonyl (C=O) groups excluding carboxylic acids is 1. The molecule has 0 N–H and O–H groups in total. The number of carbonyl (C=O) groups is 1. The van der Waals surface area contributed by atoms with Gasteiger partial charge in [-0.25, -0.2) is 9.18 Å². The highest BCUT2D eigenvalue weighted by molar-refractivity contribution is 7.20. The lowest BCUT2D eigenvalue weighted by molar-refractivity contribution is 0.0435. The lowest BCUT2D eigenvalue weighted by atomic mass is 10.2. The largest absolute Gasteiger partial charge is 0.451 e. The molecular formula is C18H11FN2O3S. The molecule has 0 saturated heterocycles. The summed E-state index contributed by atoms with van der Waals surface area (Å²) in [6.45, 7) is -0.124. The molecule has 0 aliphatic rings. The summed E-state index contributed by atoms with van der Waals surface area (Å²) in [6.07, 6.45) is 0. The second-order valence-electron chi connectivity index (χ2n) is 5.24. The van der Waals surface area contributed by atoms with E-state index >= 15 is 0 Å². The van der Waals surface area contributed by atoms with Crippen LogP contribution >= 0.6 is 11.3 Å². The highest BCUT2D eigenvalue weighted by Gasteiger charge is 2.14. The third-order valence-electron chi connectivity index (χ3n) is 3.52. The summed E-state index contributed by atoms with van der Waals surface area (Å²) in [6, 6.07) is 15.2. The second-order valence-corrected chi connectivity index (χ2v) is 6.33. The molecule has 0 saturated carbocycles. The van der Waals surface area contributed by atoms with Crippen LogP contribution in [0.5, 0.6) is 0 Å². The molecule has 0 aliphatic carbocycles. The fourth-order valence-corrected chi connectivity index (χ4v) is 3.27. The minimum Gasteiger partial charge on any atom is -0.451 e. The lowest BCUT2D eigenvalue weighted by Gasteiger charge is -1.98. The highest BCUT2D eigenvalue weighted by Crippen LogP contribution is 2.26. The van der Waals surface area contributed by atoms with Gasteiger partial charge in [-0.3, -0.25) is 0 Å². The molecule has 0 unspecified atom stereocenters. The van der Waals surface area contributed by atoms with Gasteiger partial charge in [0.05, 0.1) is 0 Å². The molecule has 0 bridgehead atoms. The maximum atomic E-state index is 12.9. The zero-order valence-electron chi connectivity index (χ0n) is 12.8. The molecule has 0 spiro atoms. The number of esters is 1. The molecule has 0 radical (unpaired) electrons. The van der Waals surface area contributed by atoms with Crippen molar-refractivity contribution >= 4 is 27.4 Å². The van der Waals surface area contributed by atoms with Gasteiger partial charge in [0.15, 0.2) is 6.61 Å². The number of aromatic nitrogens is 2. The Morgan fingerprint density at radius 2 is 1.96 bits per heavy atom. The third kappa shape index (κ3) is 3.27. The van der Waals surface area contributed by atoms with Gasteiger partial charge in [-0.1, -0.05) is 23.4 Å². The van der Waals surface area contributed by atoms with E-state index in [2.05, 4.69) is 10.1 Å². The number of hydrogen-bond acceptors (Lipinski definition) is 6. The first-order chi connectivity index (χ1) is 12.2. The molecule has 5 nitrogen and oxygen atoms in total. The van der Waals surface area contributed by atoms with Crippen molar-refractivity contribution in [3.63, 3.8) is 0 Å². The van der Waals surface area contributed by atoms with Crippen molar-refractivity contribution in [3.8, 4) is 11.4 Å². The molecule has 7 heteroatoms. The van der Waals surface area contributed by atoms with Crippen LogP contribution in [-0.2, 0) is 11.3 Å². The number of ether oxygens (including phenoxy) is 1. The molecule has 0 amide bonds. The average molecular weight is 354 g/mol. The Hall–Kier alpha value is -3.06. The van der Waals surface area contributed by atoms with Crippen LogP contribution in [0.3, 0.4) is 0 Å². The monoisotopic (exact) mass is 354 g/mol. The van der Waals surface area contributed by atoms with Gasteiger partial charge in [0.1, 0.15) is 10.7 Å². The summed E-state index contributed by atoms with van der Waals surface area (Å²) < 4.78 is 24.2. The molecule has 2 aromatic heterocycles. The van der Waals surface area contributed by atoms with Crippen LogP contribution in [0.2, 0.25) is 0 Å². The van der Waals surface area contributed by atoms with Crippen molar-refractivity contribution in [3.05, 3.63) is 71.2 Å². The molecular weight excluding hydrogens is 343 g/mol. The van der Waals surface area contributed by atoms with E-state index in [4.69, 9.17) is 9.26 Å². The molecule has 0 fully saturated rings. The Morgan fingerprint density at radius 3 is 2.76 bits per heavy atom. The predicted octanol–water partition coefficient (Wildman–Crippen LogP) is 4.45. The van der Waals surface area contributed by atoms with Gasteiger partial charge in [0.25, 0.3) is 5.89 Å². The molecule has 2 heterocycles. The van der Waals surface area contributed by atoms with E-state index < -0.39 is 5.97 Å². The van der Waals surface area contributed by atoms with E-state index in [0.29, 0.717) is 16.3 Å². The van der Waals surface area contributed by atoms with E-state index in [1.54, 1.807) is 18.2 Å². The third-order valence-corrected chi connectivity index (χ3v) is 4.62. The minimum absolute atomic E-state index is 0.124. The Kier molecular flexibility index (Phi) is 3.99. The molecule has 2 aromatic carbocycles. The number of rotatable bonds is 4. The van der Waals surface area contributed by atoms with E-state index in [0.717, 1.165) is 10.1 Å². The SMILES string of the molecule is O=C(OCc1nc(-c2ccc(F)cc2)no1)c1cc2ccccc2s1. The molecule has 25 heavy (non-hydrogen) atoms. The van der Waals surface area contributed by atoms with Gasteiger partial charge in [0.2, 0.25) is 5.82 Å². The van der Waals surface area contributed by atoms with Gasteiger partial charge in [0, 0.05) is 10.3 Å². The number of halogens is 1. The summed E-state index contributed by atoms with van der Waals surface area (Å²) in [5, 5.41) is 4.80. The average Bonchev–Trinajstić information content (AvgIpc) is 3.27. The van der Waals surface area contributed by atoms with E-state index in [9.17, 15) is 9.18 Å². The smallest absolute Gasteiger partial charge is 0.348 e. The van der Waals surface area contributed by atoms with Gasteiger partial charge < -0.3 is 9.26 Å². The summed E-state index contributed by atoms with van der Waals surface area (Å²) >= 11 is 1.37. The summed E-state index contributed by atoms with van der Waals surface area (Å²) in [5.41, 5.74) is 0.618. The fraction of sp³-hybridized carbons (Fsp3) is 0.0556. The quantitative estimate of drug-likeness (QED) is 0.507. The standard InChI is InChI=1S/C18H11FN2O3S/c19-13-7-5-11(6-8-13)17-20-16(24-21-17)10-23-18(22)15-9-12-3-1-2-4-14(12)25-15/h1-9H,10H2. The highest BCUT2D eigenvalue weighted by atomic mass is 32.1. The number of fused-ring (bicyclic) bond motifs is 1. The van der Waals surface area contributed by atoms with E-state index in [1.807, 2.05) is 24.3 Å².